The number of nitrogens with zero attached hydrogens (tertiary/aromatic N) is 1. The zero-order valence-corrected chi connectivity index (χ0v) is 16.3. The predicted octanol–water partition coefficient (Wildman–Crippen LogP) is 3.66. The molecule has 1 aliphatic rings. The zero-order chi connectivity index (χ0) is 20.8. The second kappa shape index (κ2) is 7.04. The average molecular weight is 415 g/mol. The van der Waals surface area contributed by atoms with E-state index in [-0.39, 0.29) is 16.5 Å². The highest BCUT2D eigenvalue weighted by atomic mass is 32.2. The van der Waals surface area contributed by atoms with Crippen LogP contribution in [0.25, 0.3) is 10.9 Å². The largest absolute Gasteiger partial charge is 0.477 e. The molecule has 0 aliphatic carbocycles. The van der Waals surface area contributed by atoms with Gasteiger partial charge in [0.05, 0.1) is 10.6 Å². The van der Waals surface area contributed by atoms with Crippen LogP contribution in [0.3, 0.4) is 0 Å². The molecule has 2 aromatic carbocycles. The number of halogens is 1. The van der Waals surface area contributed by atoms with Crippen LogP contribution in [0.5, 0.6) is 0 Å². The summed E-state index contributed by atoms with van der Waals surface area (Å²) >= 11 is 0. The van der Waals surface area contributed by atoms with Gasteiger partial charge in [-0.15, -0.1) is 0 Å². The molecule has 0 radical (unpaired) electrons. The Balaban J connectivity index is 1.81. The molecule has 0 saturated heterocycles. The van der Waals surface area contributed by atoms with Crippen LogP contribution in [0.2, 0.25) is 0 Å². The van der Waals surface area contributed by atoms with Crippen molar-refractivity contribution in [1.29, 1.82) is 0 Å². The first-order chi connectivity index (χ1) is 13.7. The quantitative estimate of drug-likeness (QED) is 0.687. The lowest BCUT2D eigenvalue weighted by molar-refractivity contribution is -0.137. The molecule has 1 unspecified atom stereocenters. The fourth-order valence-electron chi connectivity index (χ4n) is 3.50. The van der Waals surface area contributed by atoms with E-state index in [1.165, 1.54) is 18.2 Å². The normalized spacial score (nSPS) is 16.6. The van der Waals surface area contributed by atoms with Gasteiger partial charge >= 0.3 is 5.97 Å². The number of aliphatic carboxylic acids is 1. The summed E-state index contributed by atoms with van der Waals surface area (Å²) in [5.41, 5.74) is 2.35. The van der Waals surface area contributed by atoms with Crippen molar-refractivity contribution in [2.45, 2.75) is 24.0 Å². The third-order valence-corrected chi connectivity index (χ3v) is 6.02. The molecule has 29 heavy (non-hydrogen) atoms. The number of carbonyl (C=O) groups is 1. The van der Waals surface area contributed by atoms with Gasteiger partial charge in [0.15, 0.2) is 9.84 Å². The van der Waals surface area contributed by atoms with Crippen molar-refractivity contribution in [3.8, 4) is 0 Å². The van der Waals surface area contributed by atoms with Crippen molar-refractivity contribution >= 4 is 26.7 Å². The third kappa shape index (κ3) is 3.75. The van der Waals surface area contributed by atoms with Crippen molar-refractivity contribution in [3.05, 3.63) is 77.4 Å². The molecule has 1 N–H and O–H groups in total. The lowest BCUT2D eigenvalue weighted by atomic mass is 10.1. The van der Waals surface area contributed by atoms with Gasteiger partial charge in [-0.3, -0.25) is 0 Å². The molecule has 6 nitrogen and oxygen atoms in total. The minimum absolute atomic E-state index is 0.106. The number of aromatic nitrogens is 1. The number of rotatable bonds is 5. The van der Waals surface area contributed by atoms with Gasteiger partial charge in [0.25, 0.3) is 0 Å². The third-order valence-electron chi connectivity index (χ3n) is 4.91. The van der Waals surface area contributed by atoms with Crippen LogP contribution in [0, 0.1) is 5.82 Å². The summed E-state index contributed by atoms with van der Waals surface area (Å²) < 4.78 is 44.7. The molecule has 2 heterocycles. The number of sulfone groups is 1. The van der Waals surface area contributed by atoms with Crippen molar-refractivity contribution in [2.75, 3.05) is 6.26 Å². The van der Waals surface area contributed by atoms with Crippen molar-refractivity contribution < 1.29 is 27.4 Å². The van der Waals surface area contributed by atoms with Gasteiger partial charge in [-0.25, -0.2) is 17.6 Å². The van der Waals surface area contributed by atoms with Gasteiger partial charge in [0.1, 0.15) is 11.9 Å². The van der Waals surface area contributed by atoms with E-state index in [1.807, 2.05) is 10.6 Å². The average Bonchev–Trinajstić information content (AvgIpc) is 3.28. The Morgan fingerprint density at radius 3 is 2.55 bits per heavy atom. The van der Waals surface area contributed by atoms with Crippen molar-refractivity contribution in [3.63, 3.8) is 0 Å². The summed E-state index contributed by atoms with van der Waals surface area (Å²) in [6.07, 6.45) is 2.55. The predicted molar refractivity (Wildman–Crippen MR) is 105 cm³/mol. The molecule has 0 spiro atoms. The summed E-state index contributed by atoms with van der Waals surface area (Å²) in [7, 11) is -3.37. The van der Waals surface area contributed by atoms with Gasteiger partial charge in [0, 0.05) is 30.1 Å². The highest BCUT2D eigenvalue weighted by molar-refractivity contribution is 7.90. The van der Waals surface area contributed by atoms with Crippen LogP contribution >= 0.6 is 0 Å². The maximum absolute atomic E-state index is 13.3. The Bertz CT molecular complexity index is 1240. The van der Waals surface area contributed by atoms with E-state index in [1.54, 1.807) is 30.3 Å². The van der Waals surface area contributed by atoms with Gasteiger partial charge in [-0.1, -0.05) is 12.1 Å². The summed E-state index contributed by atoms with van der Waals surface area (Å²) in [4.78, 5) is 11.4. The van der Waals surface area contributed by atoms with Crippen LogP contribution in [-0.4, -0.2) is 30.3 Å². The van der Waals surface area contributed by atoms with Crippen LogP contribution in [0.4, 0.5) is 4.39 Å². The van der Waals surface area contributed by atoms with Gasteiger partial charge in [0.2, 0.25) is 5.76 Å². The van der Waals surface area contributed by atoms with Gasteiger partial charge in [-0.2, -0.15) is 0 Å². The Morgan fingerprint density at radius 1 is 1.21 bits per heavy atom. The lowest BCUT2D eigenvalue weighted by Crippen LogP contribution is -2.10. The Hall–Kier alpha value is -3.13. The summed E-state index contributed by atoms with van der Waals surface area (Å²) in [6, 6.07) is 12.8. The molecule has 0 fully saturated rings. The standard InChI is InChI=1S/C21H18FNO5S/c1-29(26,27)16-6-7-17-14(10-16)11-18(19-8-9-20(28-19)21(24)25)23(17)12-13-2-4-15(22)5-3-13/h2-7,9-11,19H,8,12H2,1H3,(H,24,25). The van der Waals surface area contributed by atoms with E-state index in [0.717, 1.165) is 23.0 Å². The van der Waals surface area contributed by atoms with E-state index in [4.69, 9.17) is 4.74 Å². The van der Waals surface area contributed by atoms with Crippen molar-refractivity contribution in [1.82, 2.24) is 4.57 Å². The number of carboxylic acid groups (broad SMARTS) is 1. The summed E-state index contributed by atoms with van der Waals surface area (Å²) in [6.45, 7) is 0.402. The Morgan fingerprint density at radius 2 is 1.93 bits per heavy atom. The highest BCUT2D eigenvalue weighted by Gasteiger charge is 2.28. The smallest absolute Gasteiger partial charge is 0.370 e. The highest BCUT2D eigenvalue weighted by Crippen LogP contribution is 2.35. The number of fused-ring (bicyclic) bond motifs is 1. The zero-order valence-electron chi connectivity index (χ0n) is 15.5. The van der Waals surface area contributed by atoms with E-state index in [0.29, 0.717) is 18.4 Å². The molecule has 0 saturated carbocycles. The van der Waals surface area contributed by atoms with Crippen LogP contribution in [0.15, 0.2) is 65.3 Å². The molecule has 0 bridgehead atoms. The maximum Gasteiger partial charge on any atom is 0.370 e. The number of benzene rings is 2. The second-order valence-corrected chi connectivity index (χ2v) is 9.01. The molecule has 1 aliphatic heterocycles. The molecular formula is C21H18FNO5S. The molecule has 1 atom stereocenters. The topological polar surface area (TPSA) is 85.6 Å². The number of ether oxygens (including phenoxy) is 1. The number of carboxylic acids is 1. The van der Waals surface area contributed by atoms with Gasteiger partial charge < -0.3 is 14.4 Å². The number of hydrogen-bond donors (Lipinski definition) is 1. The van der Waals surface area contributed by atoms with Crippen molar-refractivity contribution in [2.24, 2.45) is 0 Å². The van der Waals surface area contributed by atoms with E-state index in [9.17, 15) is 22.7 Å². The maximum atomic E-state index is 13.3. The van der Waals surface area contributed by atoms with Gasteiger partial charge in [-0.05, 0) is 48.0 Å². The first-order valence-corrected chi connectivity index (χ1v) is 10.8. The summed E-state index contributed by atoms with van der Waals surface area (Å²) in [5.74, 6) is -1.57. The van der Waals surface area contributed by atoms with E-state index >= 15 is 0 Å². The Kier molecular flexibility index (Phi) is 4.66. The molecule has 4 rings (SSSR count). The van der Waals surface area contributed by atoms with E-state index < -0.39 is 21.9 Å². The molecule has 3 aromatic rings. The van der Waals surface area contributed by atoms with Crippen LogP contribution < -0.4 is 0 Å². The fourth-order valence-corrected chi connectivity index (χ4v) is 4.16. The van der Waals surface area contributed by atoms with Crippen LogP contribution in [-0.2, 0) is 25.9 Å². The fraction of sp³-hybridized carbons (Fsp3) is 0.190. The van der Waals surface area contributed by atoms with E-state index in [2.05, 4.69) is 0 Å². The lowest BCUT2D eigenvalue weighted by Gasteiger charge is -2.17. The first-order valence-electron chi connectivity index (χ1n) is 8.90. The van der Waals surface area contributed by atoms with Crippen LogP contribution in [0.1, 0.15) is 23.8 Å². The SMILES string of the molecule is CS(=O)(=O)c1ccc2c(c1)cc(C1CC=C(C(=O)O)O1)n2Cc1ccc(F)cc1. The first kappa shape index (κ1) is 19.2. The minimum atomic E-state index is -3.37. The summed E-state index contributed by atoms with van der Waals surface area (Å²) in [5, 5.41) is 9.88. The molecule has 0 amide bonds. The second-order valence-electron chi connectivity index (χ2n) is 6.99. The molecule has 150 valence electrons. The minimum Gasteiger partial charge on any atom is -0.477 e. The number of hydrogen-bond acceptors (Lipinski definition) is 4. The molecular weight excluding hydrogens is 397 g/mol. The molecule has 8 heteroatoms. The molecule has 1 aromatic heterocycles. The Labute approximate surface area is 166 Å². The monoisotopic (exact) mass is 415 g/mol.